The van der Waals surface area contributed by atoms with E-state index in [1.807, 2.05) is 52.0 Å². The van der Waals surface area contributed by atoms with E-state index in [2.05, 4.69) is 29.6 Å². The summed E-state index contributed by atoms with van der Waals surface area (Å²) in [5, 5.41) is 2.81. The molecule has 2 fully saturated rings. The summed E-state index contributed by atoms with van der Waals surface area (Å²) >= 11 is 0. The zero-order chi connectivity index (χ0) is 26.9. The molecule has 1 aliphatic heterocycles. The molecule has 2 aliphatic carbocycles. The van der Waals surface area contributed by atoms with Gasteiger partial charge in [-0.15, -0.1) is 0 Å². The first-order valence-electron chi connectivity index (χ1n) is 13.8. The molecule has 0 radical (unpaired) electrons. The van der Waals surface area contributed by atoms with Gasteiger partial charge >= 0.3 is 12.1 Å². The molecule has 204 valence electrons. The lowest BCUT2D eigenvalue weighted by Gasteiger charge is -2.34. The number of carbonyl (C=O) groups is 2. The summed E-state index contributed by atoms with van der Waals surface area (Å²) in [5.41, 5.74) is 3.88. The van der Waals surface area contributed by atoms with Crippen LogP contribution >= 0.6 is 0 Å². The number of benzene rings is 2. The van der Waals surface area contributed by atoms with Crippen molar-refractivity contribution in [2.45, 2.75) is 89.3 Å². The normalized spacial score (nSPS) is 21.8. The molecule has 1 saturated heterocycles. The molecule has 38 heavy (non-hydrogen) atoms. The smallest absolute Gasteiger partial charge is 0.407 e. The zero-order valence-corrected chi connectivity index (χ0v) is 22.8. The van der Waals surface area contributed by atoms with Crippen molar-refractivity contribution in [2.75, 3.05) is 13.2 Å². The van der Waals surface area contributed by atoms with Gasteiger partial charge in [-0.25, -0.2) is 9.59 Å². The third-order valence-electron chi connectivity index (χ3n) is 7.88. The van der Waals surface area contributed by atoms with Gasteiger partial charge in [0.05, 0.1) is 12.7 Å². The molecule has 1 spiro atoms. The first-order chi connectivity index (χ1) is 18.2. The van der Waals surface area contributed by atoms with Crippen molar-refractivity contribution < 1.29 is 28.5 Å². The molecule has 7 nitrogen and oxygen atoms in total. The fraction of sp³-hybridized carbons (Fsp3) is 0.548. The van der Waals surface area contributed by atoms with Gasteiger partial charge in [-0.05, 0) is 55.9 Å². The number of ether oxygens (including phenoxy) is 4. The van der Waals surface area contributed by atoms with Crippen LogP contribution in [-0.2, 0) is 23.7 Å². The fourth-order valence-electron chi connectivity index (χ4n) is 5.94. The second kappa shape index (κ2) is 10.7. The summed E-state index contributed by atoms with van der Waals surface area (Å²) in [6, 6.07) is 15.4. The van der Waals surface area contributed by atoms with Crippen LogP contribution < -0.4 is 5.32 Å². The fourth-order valence-corrected chi connectivity index (χ4v) is 5.94. The number of esters is 1. The third-order valence-corrected chi connectivity index (χ3v) is 7.88. The average molecular weight is 522 g/mol. The summed E-state index contributed by atoms with van der Waals surface area (Å²) in [5.74, 6) is -1.51. The molecular weight excluding hydrogens is 482 g/mol. The molecule has 2 aromatic carbocycles. The predicted octanol–water partition coefficient (Wildman–Crippen LogP) is 5.95. The van der Waals surface area contributed by atoms with Gasteiger partial charge in [-0.3, -0.25) is 0 Å². The highest BCUT2D eigenvalue weighted by Gasteiger charge is 2.47. The van der Waals surface area contributed by atoms with Crippen LogP contribution in [0.4, 0.5) is 4.79 Å². The van der Waals surface area contributed by atoms with Crippen LogP contribution in [0.15, 0.2) is 48.5 Å². The van der Waals surface area contributed by atoms with Gasteiger partial charge in [0.1, 0.15) is 18.2 Å². The number of fused-ring (bicyclic) bond motifs is 3. The van der Waals surface area contributed by atoms with E-state index in [1.165, 1.54) is 6.42 Å². The Labute approximate surface area is 225 Å². The van der Waals surface area contributed by atoms with Gasteiger partial charge in [-0.1, -0.05) is 61.9 Å². The molecule has 1 N–H and O–H groups in total. The van der Waals surface area contributed by atoms with E-state index in [0.717, 1.165) is 47.9 Å². The Morgan fingerprint density at radius 3 is 2.21 bits per heavy atom. The Balaban J connectivity index is 1.28. The Hall–Kier alpha value is -2.90. The van der Waals surface area contributed by atoms with E-state index < -0.39 is 29.5 Å². The number of hydrogen-bond acceptors (Lipinski definition) is 6. The van der Waals surface area contributed by atoms with E-state index in [1.54, 1.807) is 0 Å². The van der Waals surface area contributed by atoms with Crippen molar-refractivity contribution in [2.24, 2.45) is 5.92 Å². The topological polar surface area (TPSA) is 83.1 Å². The maximum Gasteiger partial charge on any atom is 0.407 e. The lowest BCUT2D eigenvalue weighted by Crippen LogP contribution is -2.51. The Kier molecular flexibility index (Phi) is 7.51. The standard InChI is InChI=1S/C31H39NO6/c1-20(26-19-36-31(37-26)16-10-5-11-17-31)27(28(33)38-30(2,3)4)32-29(34)35-18-25-23-14-8-6-12-21(23)22-13-7-9-15-24(22)25/h6-9,12-15,20,25-27H,5,10-11,16-19H2,1-4H3,(H,32,34)/t20-,26-,27-/m0/s1. The second-order valence-corrected chi connectivity index (χ2v) is 11.8. The highest BCUT2D eigenvalue weighted by Crippen LogP contribution is 2.44. The van der Waals surface area contributed by atoms with Crippen LogP contribution in [0, 0.1) is 5.92 Å². The van der Waals surface area contributed by atoms with Crippen LogP contribution in [0.2, 0.25) is 0 Å². The van der Waals surface area contributed by atoms with Gasteiger partial charge in [0, 0.05) is 24.7 Å². The lowest BCUT2D eigenvalue weighted by molar-refractivity contribution is -0.193. The molecule has 1 saturated carbocycles. The van der Waals surface area contributed by atoms with Crippen molar-refractivity contribution >= 4 is 12.1 Å². The van der Waals surface area contributed by atoms with E-state index >= 15 is 0 Å². The van der Waals surface area contributed by atoms with Gasteiger partial charge in [0.2, 0.25) is 0 Å². The Morgan fingerprint density at radius 2 is 1.61 bits per heavy atom. The molecule has 5 rings (SSSR count). The molecule has 7 heteroatoms. The first-order valence-corrected chi connectivity index (χ1v) is 13.8. The van der Waals surface area contributed by atoms with E-state index in [0.29, 0.717) is 6.61 Å². The van der Waals surface area contributed by atoms with Crippen LogP contribution in [0.1, 0.15) is 76.8 Å². The quantitative estimate of drug-likeness (QED) is 0.473. The number of rotatable bonds is 6. The van der Waals surface area contributed by atoms with Gasteiger partial charge in [-0.2, -0.15) is 0 Å². The highest BCUT2D eigenvalue weighted by atomic mass is 16.7. The first kappa shape index (κ1) is 26.7. The van der Waals surface area contributed by atoms with Crippen molar-refractivity contribution in [3.05, 3.63) is 59.7 Å². The number of alkyl carbamates (subject to hydrolysis) is 1. The largest absolute Gasteiger partial charge is 0.458 e. The van der Waals surface area contributed by atoms with E-state index in [-0.39, 0.29) is 24.5 Å². The molecule has 0 bridgehead atoms. The van der Waals surface area contributed by atoms with Crippen molar-refractivity contribution in [3.8, 4) is 11.1 Å². The van der Waals surface area contributed by atoms with Crippen LogP contribution in [0.3, 0.4) is 0 Å². The summed E-state index contributed by atoms with van der Waals surface area (Å²) in [6.07, 6.45) is 4.03. The molecular formula is C31H39NO6. The van der Waals surface area contributed by atoms with Crippen molar-refractivity contribution in [1.82, 2.24) is 5.32 Å². The Bertz CT molecular complexity index is 1120. The van der Waals surface area contributed by atoms with Crippen LogP contribution in [-0.4, -0.2) is 48.8 Å². The molecule has 1 amide bonds. The number of amides is 1. The minimum absolute atomic E-state index is 0.0664. The number of carbonyl (C=O) groups excluding carboxylic acids is 2. The summed E-state index contributed by atoms with van der Waals surface area (Å²) in [4.78, 5) is 26.4. The number of nitrogens with one attached hydrogen (secondary N) is 1. The summed E-state index contributed by atoms with van der Waals surface area (Å²) < 4.78 is 23.9. The minimum atomic E-state index is -0.933. The van der Waals surface area contributed by atoms with Crippen LogP contribution in [0.25, 0.3) is 11.1 Å². The third kappa shape index (κ3) is 5.59. The van der Waals surface area contributed by atoms with E-state index in [4.69, 9.17) is 18.9 Å². The monoisotopic (exact) mass is 521 g/mol. The van der Waals surface area contributed by atoms with Gasteiger partial charge in [0.25, 0.3) is 0 Å². The molecule has 3 aliphatic rings. The summed E-state index contributed by atoms with van der Waals surface area (Å²) in [7, 11) is 0. The maximum atomic E-state index is 13.3. The SMILES string of the molecule is C[C@@H]([C@@H]1COC2(CCCCC2)O1)[C@H](NC(=O)OCC1c2ccccc2-c2ccccc21)C(=O)OC(C)(C)C. The average Bonchev–Trinajstić information content (AvgIpc) is 3.44. The molecule has 0 aromatic heterocycles. The molecule has 1 heterocycles. The van der Waals surface area contributed by atoms with Crippen molar-refractivity contribution in [1.29, 1.82) is 0 Å². The van der Waals surface area contributed by atoms with Crippen molar-refractivity contribution in [3.63, 3.8) is 0 Å². The zero-order valence-electron chi connectivity index (χ0n) is 22.8. The Morgan fingerprint density at radius 1 is 1.00 bits per heavy atom. The van der Waals surface area contributed by atoms with Crippen LogP contribution in [0.5, 0.6) is 0 Å². The predicted molar refractivity (Wildman–Crippen MR) is 144 cm³/mol. The maximum absolute atomic E-state index is 13.3. The van der Waals surface area contributed by atoms with Gasteiger partial charge < -0.3 is 24.3 Å². The van der Waals surface area contributed by atoms with E-state index in [9.17, 15) is 9.59 Å². The summed E-state index contributed by atoms with van der Waals surface area (Å²) in [6.45, 7) is 7.88. The van der Waals surface area contributed by atoms with Gasteiger partial charge in [0.15, 0.2) is 5.79 Å². The lowest BCUT2D eigenvalue weighted by atomic mass is 9.93. The molecule has 2 aromatic rings. The minimum Gasteiger partial charge on any atom is -0.458 e. The molecule has 0 unspecified atom stereocenters. The second-order valence-electron chi connectivity index (χ2n) is 11.8. The number of hydrogen-bond donors (Lipinski definition) is 1. The molecule has 3 atom stereocenters. The highest BCUT2D eigenvalue weighted by molar-refractivity contribution is 5.82.